The zero-order valence-electron chi connectivity index (χ0n) is 12.7. The lowest BCUT2D eigenvalue weighted by Crippen LogP contribution is -2.32. The summed E-state index contributed by atoms with van der Waals surface area (Å²) < 4.78 is 22.6. The van der Waals surface area contributed by atoms with Crippen LogP contribution in [0.4, 0.5) is 0 Å². The SMILES string of the molecule is Cc1ccsc1CN(C(=O)c1ccc(S(N)(=O)=O)cc1)C1CC1. The Kier molecular flexibility index (Phi) is 4.27. The Labute approximate surface area is 139 Å². The van der Waals surface area contributed by atoms with Gasteiger partial charge in [0.15, 0.2) is 0 Å². The van der Waals surface area contributed by atoms with Gasteiger partial charge in [0.05, 0.1) is 11.4 Å². The highest BCUT2D eigenvalue weighted by Crippen LogP contribution is 2.31. The lowest BCUT2D eigenvalue weighted by atomic mass is 10.2. The number of nitrogens with two attached hydrogens (primary N) is 1. The molecule has 7 heteroatoms. The summed E-state index contributed by atoms with van der Waals surface area (Å²) in [5.41, 5.74) is 1.68. The first-order valence-corrected chi connectivity index (χ1v) is 9.75. The van der Waals surface area contributed by atoms with Crippen molar-refractivity contribution >= 4 is 27.3 Å². The van der Waals surface area contributed by atoms with Gasteiger partial charge in [-0.25, -0.2) is 13.6 Å². The van der Waals surface area contributed by atoms with Gasteiger partial charge >= 0.3 is 0 Å². The van der Waals surface area contributed by atoms with Crippen molar-refractivity contribution in [3.8, 4) is 0 Å². The van der Waals surface area contributed by atoms with Gasteiger partial charge in [-0.1, -0.05) is 0 Å². The lowest BCUT2D eigenvalue weighted by Gasteiger charge is -2.22. The Morgan fingerprint density at radius 1 is 1.26 bits per heavy atom. The van der Waals surface area contributed by atoms with Crippen LogP contribution in [0.15, 0.2) is 40.6 Å². The van der Waals surface area contributed by atoms with Crippen molar-refractivity contribution in [3.05, 3.63) is 51.7 Å². The van der Waals surface area contributed by atoms with Crippen molar-refractivity contribution in [2.24, 2.45) is 5.14 Å². The predicted octanol–water partition coefficient (Wildman–Crippen LogP) is 2.51. The van der Waals surface area contributed by atoms with Gasteiger partial charge in [0.1, 0.15) is 0 Å². The van der Waals surface area contributed by atoms with Crippen molar-refractivity contribution in [2.45, 2.75) is 37.2 Å². The number of hydrogen-bond donors (Lipinski definition) is 1. The third kappa shape index (κ3) is 3.63. The largest absolute Gasteiger partial charge is 0.331 e. The van der Waals surface area contributed by atoms with Gasteiger partial charge in [-0.2, -0.15) is 0 Å². The Morgan fingerprint density at radius 2 is 1.91 bits per heavy atom. The van der Waals surface area contributed by atoms with Crippen molar-refractivity contribution in [3.63, 3.8) is 0 Å². The molecule has 0 saturated heterocycles. The minimum Gasteiger partial charge on any atom is -0.331 e. The van der Waals surface area contributed by atoms with Crippen LogP contribution >= 0.6 is 11.3 Å². The topological polar surface area (TPSA) is 80.5 Å². The Morgan fingerprint density at radius 3 is 2.39 bits per heavy atom. The van der Waals surface area contributed by atoms with Gasteiger partial charge in [-0.15, -0.1) is 11.3 Å². The normalized spacial score (nSPS) is 14.7. The molecule has 1 fully saturated rings. The molecule has 0 aliphatic heterocycles. The summed E-state index contributed by atoms with van der Waals surface area (Å²) in [4.78, 5) is 15.9. The van der Waals surface area contributed by atoms with E-state index in [1.54, 1.807) is 11.3 Å². The molecule has 1 amide bonds. The van der Waals surface area contributed by atoms with Crippen molar-refractivity contribution < 1.29 is 13.2 Å². The van der Waals surface area contributed by atoms with E-state index in [0.717, 1.165) is 12.8 Å². The zero-order chi connectivity index (χ0) is 16.6. The van der Waals surface area contributed by atoms with Crippen LogP contribution in [-0.4, -0.2) is 25.3 Å². The van der Waals surface area contributed by atoms with Gasteiger partial charge in [-0.05, 0) is 61.0 Å². The van der Waals surface area contributed by atoms with Gasteiger partial charge in [-0.3, -0.25) is 4.79 Å². The number of carbonyl (C=O) groups is 1. The molecule has 1 aromatic carbocycles. The number of nitrogens with zero attached hydrogens (tertiary/aromatic N) is 1. The fourth-order valence-electron chi connectivity index (χ4n) is 2.43. The number of amides is 1. The molecule has 0 spiro atoms. The van der Waals surface area contributed by atoms with E-state index in [-0.39, 0.29) is 16.8 Å². The van der Waals surface area contributed by atoms with Gasteiger partial charge in [0.25, 0.3) is 5.91 Å². The predicted molar refractivity (Wildman–Crippen MR) is 89.8 cm³/mol. The molecule has 1 aliphatic carbocycles. The van der Waals surface area contributed by atoms with Gasteiger partial charge < -0.3 is 4.90 Å². The van der Waals surface area contributed by atoms with Gasteiger partial charge in [0.2, 0.25) is 10.0 Å². The highest BCUT2D eigenvalue weighted by atomic mass is 32.2. The van der Waals surface area contributed by atoms with Crippen LogP contribution < -0.4 is 5.14 Å². The minimum atomic E-state index is -3.74. The number of primary sulfonamides is 1. The second kappa shape index (κ2) is 6.07. The number of hydrogen-bond acceptors (Lipinski definition) is 4. The van der Waals surface area contributed by atoms with E-state index in [1.807, 2.05) is 17.2 Å². The van der Waals surface area contributed by atoms with E-state index in [4.69, 9.17) is 5.14 Å². The second-order valence-corrected chi connectivity index (χ2v) is 8.32. The van der Waals surface area contributed by atoms with Crippen LogP contribution in [0.5, 0.6) is 0 Å². The Bertz CT molecular complexity index is 821. The van der Waals surface area contributed by atoms with E-state index in [2.05, 4.69) is 6.07 Å². The molecule has 1 saturated carbocycles. The molecule has 0 bridgehead atoms. The van der Waals surface area contributed by atoms with Crippen LogP contribution in [0.2, 0.25) is 0 Å². The zero-order valence-corrected chi connectivity index (χ0v) is 14.4. The molecule has 1 aromatic heterocycles. The molecule has 5 nitrogen and oxygen atoms in total. The van der Waals surface area contributed by atoms with Gasteiger partial charge in [0, 0.05) is 16.5 Å². The minimum absolute atomic E-state index is 0.0149. The Hall–Kier alpha value is -1.70. The molecule has 1 aliphatic rings. The molecule has 23 heavy (non-hydrogen) atoms. The van der Waals surface area contributed by atoms with Crippen LogP contribution in [0, 0.1) is 6.92 Å². The van der Waals surface area contributed by atoms with Crippen LogP contribution in [0.3, 0.4) is 0 Å². The van der Waals surface area contributed by atoms with E-state index in [9.17, 15) is 13.2 Å². The second-order valence-electron chi connectivity index (χ2n) is 5.76. The maximum atomic E-state index is 12.8. The summed E-state index contributed by atoms with van der Waals surface area (Å²) in [6, 6.07) is 8.14. The molecule has 0 radical (unpaired) electrons. The standard InChI is InChI=1S/C16H18N2O3S2/c1-11-8-9-22-15(11)10-18(13-4-5-13)16(19)12-2-6-14(7-3-12)23(17,20)21/h2-3,6-9,13H,4-5,10H2,1H3,(H2,17,20,21). The number of carbonyl (C=O) groups excluding carboxylic acids is 1. The third-order valence-corrected chi connectivity index (χ3v) is 5.90. The molecule has 2 N–H and O–H groups in total. The van der Waals surface area contributed by atoms with E-state index in [0.29, 0.717) is 12.1 Å². The fourth-order valence-corrected chi connectivity index (χ4v) is 3.85. The van der Waals surface area contributed by atoms with Crippen molar-refractivity contribution in [1.82, 2.24) is 4.90 Å². The highest BCUT2D eigenvalue weighted by molar-refractivity contribution is 7.89. The first-order valence-electron chi connectivity index (χ1n) is 7.33. The Balaban J connectivity index is 1.83. The quantitative estimate of drug-likeness (QED) is 0.900. The van der Waals surface area contributed by atoms with Crippen LogP contribution in [0.25, 0.3) is 0 Å². The van der Waals surface area contributed by atoms with Crippen molar-refractivity contribution in [1.29, 1.82) is 0 Å². The number of rotatable bonds is 5. The third-order valence-electron chi connectivity index (χ3n) is 3.96. The molecule has 0 atom stereocenters. The average molecular weight is 350 g/mol. The lowest BCUT2D eigenvalue weighted by molar-refractivity contribution is 0.0731. The molecule has 3 rings (SSSR count). The summed E-state index contributed by atoms with van der Waals surface area (Å²) in [7, 11) is -3.74. The van der Waals surface area contributed by atoms with E-state index < -0.39 is 10.0 Å². The highest BCUT2D eigenvalue weighted by Gasteiger charge is 2.33. The fraction of sp³-hybridized carbons (Fsp3) is 0.312. The summed E-state index contributed by atoms with van der Waals surface area (Å²) in [6.07, 6.45) is 2.04. The molecular weight excluding hydrogens is 332 g/mol. The molecule has 122 valence electrons. The van der Waals surface area contributed by atoms with Crippen LogP contribution in [-0.2, 0) is 16.6 Å². The molecule has 2 aromatic rings. The first kappa shape index (κ1) is 16.2. The molecule has 0 unspecified atom stereocenters. The van der Waals surface area contributed by atoms with Crippen molar-refractivity contribution in [2.75, 3.05) is 0 Å². The first-order chi connectivity index (χ1) is 10.9. The smallest absolute Gasteiger partial charge is 0.254 e. The number of benzene rings is 1. The summed E-state index contributed by atoms with van der Waals surface area (Å²) in [5.74, 6) is -0.0683. The number of thiophene rings is 1. The summed E-state index contributed by atoms with van der Waals surface area (Å²) >= 11 is 1.65. The number of aryl methyl sites for hydroxylation is 1. The molecule has 1 heterocycles. The summed E-state index contributed by atoms with van der Waals surface area (Å²) in [5, 5.41) is 7.12. The monoisotopic (exact) mass is 350 g/mol. The maximum absolute atomic E-state index is 12.8. The van der Waals surface area contributed by atoms with Crippen LogP contribution in [0.1, 0.15) is 33.6 Å². The van der Waals surface area contributed by atoms with E-state index in [1.165, 1.54) is 34.7 Å². The van der Waals surface area contributed by atoms with E-state index >= 15 is 0 Å². The summed E-state index contributed by atoms with van der Waals surface area (Å²) in [6.45, 7) is 2.65. The maximum Gasteiger partial charge on any atom is 0.254 e. The average Bonchev–Trinajstić information content (AvgIpc) is 3.27. The molecular formula is C16H18N2O3S2. The number of sulfonamides is 1.